The molecule has 0 N–H and O–H groups in total. The maximum Gasteiger partial charge on any atom is 0.120 e. The van der Waals surface area contributed by atoms with Gasteiger partial charge in [0, 0.05) is 5.56 Å². The molecule has 1 aliphatic rings. The van der Waals surface area contributed by atoms with Crippen LogP contribution in [-0.2, 0) is 0 Å². The fraction of sp³-hybridized carbons (Fsp3) is 0.333. The van der Waals surface area contributed by atoms with Crippen LogP contribution < -0.4 is 4.74 Å². The minimum absolute atomic E-state index is 0.865. The highest BCUT2D eigenvalue weighted by atomic mass is 16.5. The zero-order valence-corrected chi connectivity index (χ0v) is 9.62. The lowest BCUT2D eigenvalue weighted by atomic mass is 10.00. The first-order chi connectivity index (χ1) is 7.88. The predicted molar refractivity (Wildman–Crippen MR) is 66.4 cm³/mol. The predicted octanol–water partition coefficient (Wildman–Crippen LogP) is 3.55. The summed E-state index contributed by atoms with van der Waals surface area (Å²) >= 11 is 0. The fourth-order valence-corrected chi connectivity index (χ4v) is 1.80. The molecule has 0 unspecified atom stereocenters. The van der Waals surface area contributed by atoms with Gasteiger partial charge in [-0.15, -0.1) is 0 Å². The minimum atomic E-state index is 0.865. The van der Waals surface area contributed by atoms with E-state index in [4.69, 9.17) is 4.74 Å². The Labute approximate surface area is 97.1 Å². The van der Waals surface area contributed by atoms with Crippen LogP contribution in [-0.4, -0.2) is 7.11 Å². The van der Waals surface area contributed by atoms with E-state index in [1.54, 1.807) is 7.11 Å². The number of hydrogen-bond acceptors (Lipinski definition) is 1. The van der Waals surface area contributed by atoms with Gasteiger partial charge in [0.25, 0.3) is 0 Å². The van der Waals surface area contributed by atoms with Crippen molar-refractivity contribution in [1.82, 2.24) is 0 Å². The highest BCUT2D eigenvalue weighted by Gasteiger charge is 1.99. The third-order valence-electron chi connectivity index (χ3n) is 2.73. The molecule has 0 atom stereocenters. The molecule has 2 rings (SSSR count). The average Bonchev–Trinajstić information content (AvgIpc) is 2.38. The monoisotopic (exact) mass is 212 g/mol. The SMILES string of the molecule is COc1cccc(C#CC2=CCCCC2)c1. The normalized spacial score (nSPS) is 14.7. The molecule has 0 heterocycles. The van der Waals surface area contributed by atoms with Crippen molar-refractivity contribution in [2.45, 2.75) is 25.7 Å². The molecular formula is C15H16O. The van der Waals surface area contributed by atoms with Crippen LogP contribution in [0.4, 0.5) is 0 Å². The topological polar surface area (TPSA) is 9.23 Å². The summed E-state index contributed by atoms with van der Waals surface area (Å²) in [5.41, 5.74) is 2.31. The summed E-state index contributed by atoms with van der Waals surface area (Å²) in [5, 5.41) is 0. The van der Waals surface area contributed by atoms with E-state index in [2.05, 4.69) is 17.9 Å². The van der Waals surface area contributed by atoms with Crippen LogP contribution in [0.3, 0.4) is 0 Å². The van der Waals surface area contributed by atoms with Gasteiger partial charge in [-0.05, 0) is 49.5 Å². The van der Waals surface area contributed by atoms with Crippen molar-refractivity contribution in [3.05, 3.63) is 41.5 Å². The molecule has 82 valence electrons. The average molecular weight is 212 g/mol. The molecule has 0 aromatic heterocycles. The van der Waals surface area contributed by atoms with Crippen LogP contribution in [0.2, 0.25) is 0 Å². The summed E-state index contributed by atoms with van der Waals surface area (Å²) in [6.07, 6.45) is 7.17. The Balaban J connectivity index is 2.13. The van der Waals surface area contributed by atoms with Crippen LogP contribution in [0.1, 0.15) is 31.2 Å². The van der Waals surface area contributed by atoms with Gasteiger partial charge in [-0.3, -0.25) is 0 Å². The van der Waals surface area contributed by atoms with Gasteiger partial charge in [0.15, 0.2) is 0 Å². The zero-order chi connectivity index (χ0) is 11.2. The van der Waals surface area contributed by atoms with Crippen molar-refractivity contribution in [3.8, 4) is 17.6 Å². The maximum atomic E-state index is 5.16. The zero-order valence-electron chi connectivity index (χ0n) is 9.62. The second-order valence-corrected chi connectivity index (χ2v) is 3.96. The highest BCUT2D eigenvalue weighted by molar-refractivity contribution is 5.44. The first-order valence-electron chi connectivity index (χ1n) is 5.73. The second kappa shape index (κ2) is 5.42. The summed E-state index contributed by atoms with van der Waals surface area (Å²) in [6, 6.07) is 7.89. The molecule has 0 bridgehead atoms. The van der Waals surface area contributed by atoms with Gasteiger partial charge in [-0.25, -0.2) is 0 Å². The van der Waals surface area contributed by atoms with Crippen LogP contribution in [0.15, 0.2) is 35.9 Å². The Bertz CT molecular complexity index is 446. The van der Waals surface area contributed by atoms with Crippen molar-refractivity contribution in [2.75, 3.05) is 7.11 Å². The van der Waals surface area contributed by atoms with E-state index in [0.717, 1.165) is 17.7 Å². The van der Waals surface area contributed by atoms with Crippen LogP contribution in [0, 0.1) is 11.8 Å². The van der Waals surface area contributed by atoms with Crippen LogP contribution >= 0.6 is 0 Å². The molecule has 1 nitrogen and oxygen atoms in total. The van der Waals surface area contributed by atoms with Gasteiger partial charge in [0.1, 0.15) is 5.75 Å². The van der Waals surface area contributed by atoms with E-state index in [0.29, 0.717) is 0 Å². The fourth-order valence-electron chi connectivity index (χ4n) is 1.80. The van der Waals surface area contributed by atoms with Gasteiger partial charge in [0.2, 0.25) is 0 Å². The Morgan fingerprint density at radius 1 is 1.19 bits per heavy atom. The number of rotatable bonds is 1. The quantitative estimate of drug-likeness (QED) is 0.647. The standard InChI is InChI=1S/C15H16O/c1-16-15-9-5-8-14(12-15)11-10-13-6-3-2-4-7-13/h5-6,8-9,12H,2-4,7H2,1H3. The van der Waals surface area contributed by atoms with Gasteiger partial charge in [-0.1, -0.05) is 24.0 Å². The Morgan fingerprint density at radius 2 is 2.12 bits per heavy atom. The largest absolute Gasteiger partial charge is 0.497 e. The molecular weight excluding hydrogens is 196 g/mol. The summed E-state index contributed by atoms with van der Waals surface area (Å²) in [6.45, 7) is 0. The molecule has 0 aliphatic heterocycles. The third-order valence-corrected chi connectivity index (χ3v) is 2.73. The molecule has 1 heteroatoms. The second-order valence-electron chi connectivity index (χ2n) is 3.96. The minimum Gasteiger partial charge on any atom is -0.497 e. The van der Waals surface area contributed by atoms with Crippen molar-refractivity contribution in [1.29, 1.82) is 0 Å². The van der Waals surface area contributed by atoms with Gasteiger partial charge in [0.05, 0.1) is 7.11 Å². The molecule has 0 spiro atoms. The van der Waals surface area contributed by atoms with E-state index < -0.39 is 0 Å². The highest BCUT2D eigenvalue weighted by Crippen LogP contribution is 2.17. The number of ether oxygens (including phenoxy) is 1. The van der Waals surface area contributed by atoms with Crippen LogP contribution in [0.25, 0.3) is 0 Å². The molecule has 1 aromatic rings. The molecule has 1 aliphatic carbocycles. The van der Waals surface area contributed by atoms with Crippen molar-refractivity contribution < 1.29 is 4.74 Å². The lowest BCUT2D eigenvalue weighted by Gasteiger charge is -2.05. The van der Waals surface area contributed by atoms with E-state index in [1.165, 1.54) is 24.8 Å². The van der Waals surface area contributed by atoms with Gasteiger partial charge in [-0.2, -0.15) is 0 Å². The van der Waals surface area contributed by atoms with E-state index in [9.17, 15) is 0 Å². The first-order valence-corrected chi connectivity index (χ1v) is 5.73. The molecule has 1 aromatic carbocycles. The summed E-state index contributed by atoms with van der Waals surface area (Å²) in [7, 11) is 1.68. The number of allylic oxidation sites excluding steroid dienone is 2. The Morgan fingerprint density at radius 3 is 2.88 bits per heavy atom. The molecule has 16 heavy (non-hydrogen) atoms. The van der Waals surface area contributed by atoms with Gasteiger partial charge < -0.3 is 4.74 Å². The maximum absolute atomic E-state index is 5.16. The third kappa shape index (κ3) is 2.90. The number of hydrogen-bond donors (Lipinski definition) is 0. The van der Waals surface area contributed by atoms with Crippen LogP contribution in [0.5, 0.6) is 5.75 Å². The Kier molecular flexibility index (Phi) is 3.66. The molecule has 0 saturated heterocycles. The summed E-state index contributed by atoms with van der Waals surface area (Å²) in [4.78, 5) is 0. The van der Waals surface area contributed by atoms with E-state index >= 15 is 0 Å². The molecule has 0 saturated carbocycles. The van der Waals surface area contributed by atoms with Crippen molar-refractivity contribution in [3.63, 3.8) is 0 Å². The Hall–Kier alpha value is -1.68. The first kappa shape index (κ1) is 10.8. The van der Waals surface area contributed by atoms with Crippen molar-refractivity contribution >= 4 is 0 Å². The summed E-state index contributed by atoms with van der Waals surface area (Å²) < 4.78 is 5.16. The smallest absolute Gasteiger partial charge is 0.120 e. The molecule has 0 amide bonds. The van der Waals surface area contributed by atoms with E-state index in [-0.39, 0.29) is 0 Å². The van der Waals surface area contributed by atoms with Crippen molar-refractivity contribution in [2.24, 2.45) is 0 Å². The van der Waals surface area contributed by atoms with Gasteiger partial charge >= 0.3 is 0 Å². The van der Waals surface area contributed by atoms with E-state index in [1.807, 2.05) is 24.3 Å². The molecule has 0 radical (unpaired) electrons. The number of benzene rings is 1. The lowest BCUT2D eigenvalue weighted by Crippen LogP contribution is -1.88. The number of methoxy groups -OCH3 is 1. The molecule has 0 fully saturated rings. The summed E-state index contributed by atoms with van der Waals surface area (Å²) in [5.74, 6) is 7.30. The lowest BCUT2D eigenvalue weighted by molar-refractivity contribution is 0.414.